The SMILES string of the molecule is CN(C)CCNCC(O)COc1ccc(C(C)(C)c2ccccc2)cc1.O=C(O)C(=O)O. The van der Waals surface area contributed by atoms with Crippen molar-refractivity contribution in [3.05, 3.63) is 65.7 Å². The number of benzene rings is 2. The number of nitrogens with zero attached hydrogens (tertiary/aromatic N) is 1. The van der Waals surface area contributed by atoms with E-state index in [0.29, 0.717) is 6.54 Å². The second kappa shape index (κ2) is 13.5. The summed E-state index contributed by atoms with van der Waals surface area (Å²) in [5.41, 5.74) is 2.46. The Morgan fingerprint density at radius 3 is 2.00 bits per heavy atom. The highest BCUT2D eigenvalue weighted by Crippen LogP contribution is 2.32. The summed E-state index contributed by atoms with van der Waals surface area (Å²) in [6, 6.07) is 18.7. The van der Waals surface area contributed by atoms with Gasteiger partial charge in [0.25, 0.3) is 0 Å². The van der Waals surface area contributed by atoms with Crippen LogP contribution < -0.4 is 10.1 Å². The average Bonchev–Trinajstić information content (AvgIpc) is 2.76. The minimum Gasteiger partial charge on any atom is -0.491 e. The summed E-state index contributed by atoms with van der Waals surface area (Å²) in [7, 11) is 4.06. The summed E-state index contributed by atoms with van der Waals surface area (Å²) in [6.07, 6.45) is -0.516. The molecule has 0 saturated carbocycles. The van der Waals surface area contributed by atoms with Crippen molar-refractivity contribution >= 4 is 11.9 Å². The Kier molecular flexibility index (Phi) is 11.4. The van der Waals surface area contributed by atoms with Crippen LogP contribution in [0.4, 0.5) is 0 Å². The van der Waals surface area contributed by atoms with Gasteiger partial charge in [-0.15, -0.1) is 0 Å². The maximum Gasteiger partial charge on any atom is 0.414 e. The minimum atomic E-state index is -1.82. The summed E-state index contributed by atoms with van der Waals surface area (Å²) in [4.78, 5) is 20.3. The van der Waals surface area contributed by atoms with Crippen molar-refractivity contribution in [1.82, 2.24) is 10.2 Å². The van der Waals surface area contributed by atoms with Gasteiger partial charge in [0.1, 0.15) is 18.5 Å². The summed E-state index contributed by atoms with van der Waals surface area (Å²) in [5.74, 6) is -2.87. The monoisotopic (exact) mass is 446 g/mol. The Bertz CT molecular complexity index is 810. The van der Waals surface area contributed by atoms with E-state index < -0.39 is 18.0 Å². The number of hydrogen-bond acceptors (Lipinski definition) is 6. The maximum atomic E-state index is 10.0. The molecule has 1 atom stereocenters. The van der Waals surface area contributed by atoms with Crippen LogP contribution in [0, 0.1) is 0 Å². The molecule has 32 heavy (non-hydrogen) atoms. The van der Waals surface area contributed by atoms with Gasteiger partial charge in [0.2, 0.25) is 0 Å². The van der Waals surface area contributed by atoms with Crippen LogP contribution in [-0.4, -0.2) is 78.6 Å². The summed E-state index contributed by atoms with van der Waals surface area (Å²) >= 11 is 0. The van der Waals surface area contributed by atoms with E-state index in [1.54, 1.807) is 0 Å². The van der Waals surface area contributed by atoms with Gasteiger partial charge < -0.3 is 30.3 Å². The number of aliphatic hydroxyl groups excluding tert-OH is 1. The van der Waals surface area contributed by atoms with Gasteiger partial charge in [-0.3, -0.25) is 0 Å². The summed E-state index contributed by atoms with van der Waals surface area (Å²) in [6.45, 7) is 7.08. The van der Waals surface area contributed by atoms with Gasteiger partial charge in [-0.1, -0.05) is 56.3 Å². The van der Waals surface area contributed by atoms with Crippen LogP contribution in [0.5, 0.6) is 5.75 Å². The largest absolute Gasteiger partial charge is 0.491 e. The van der Waals surface area contributed by atoms with E-state index in [0.717, 1.165) is 18.8 Å². The number of rotatable bonds is 10. The highest BCUT2D eigenvalue weighted by Gasteiger charge is 2.22. The van der Waals surface area contributed by atoms with Crippen LogP contribution in [0.25, 0.3) is 0 Å². The van der Waals surface area contributed by atoms with Gasteiger partial charge in [0.05, 0.1) is 0 Å². The first-order valence-electron chi connectivity index (χ1n) is 10.3. The minimum absolute atomic E-state index is 0.0599. The first-order chi connectivity index (χ1) is 15.0. The highest BCUT2D eigenvalue weighted by molar-refractivity contribution is 6.27. The molecule has 8 heteroatoms. The Morgan fingerprint density at radius 1 is 0.969 bits per heavy atom. The predicted molar refractivity (Wildman–Crippen MR) is 123 cm³/mol. The predicted octanol–water partition coefficient (Wildman–Crippen LogP) is 2.06. The molecule has 0 fully saturated rings. The quantitative estimate of drug-likeness (QED) is 0.323. The molecule has 0 radical (unpaired) electrons. The third-order valence-electron chi connectivity index (χ3n) is 4.81. The third kappa shape index (κ3) is 9.91. The molecule has 2 rings (SSSR count). The molecule has 0 aromatic heterocycles. The van der Waals surface area contributed by atoms with E-state index in [2.05, 4.69) is 60.5 Å². The highest BCUT2D eigenvalue weighted by atomic mass is 16.5. The molecule has 0 bridgehead atoms. The molecular formula is C24H34N2O6. The molecule has 0 amide bonds. The van der Waals surface area contributed by atoms with E-state index in [1.807, 2.05) is 32.3 Å². The topological polar surface area (TPSA) is 119 Å². The van der Waals surface area contributed by atoms with E-state index in [1.165, 1.54) is 11.1 Å². The number of ether oxygens (including phenoxy) is 1. The summed E-state index contributed by atoms with van der Waals surface area (Å²) < 4.78 is 5.72. The normalized spacial score (nSPS) is 11.9. The standard InChI is InChI=1S/C22H32N2O2.C2H2O4/c1-22(2,18-8-6-5-7-9-18)19-10-12-21(13-11-19)26-17-20(25)16-23-14-15-24(3)4;3-1(4)2(5)6/h5-13,20,23,25H,14-17H2,1-4H3;(H,3,4)(H,5,6). The average molecular weight is 447 g/mol. The van der Waals surface area contributed by atoms with Crippen molar-refractivity contribution in [3.8, 4) is 5.75 Å². The van der Waals surface area contributed by atoms with Crippen molar-refractivity contribution < 1.29 is 29.6 Å². The van der Waals surface area contributed by atoms with Crippen LogP contribution in [0.2, 0.25) is 0 Å². The van der Waals surface area contributed by atoms with E-state index in [-0.39, 0.29) is 12.0 Å². The van der Waals surface area contributed by atoms with Crippen molar-refractivity contribution in [2.75, 3.05) is 40.3 Å². The molecule has 0 spiro atoms. The molecule has 4 N–H and O–H groups in total. The Morgan fingerprint density at radius 2 is 1.50 bits per heavy atom. The fraction of sp³-hybridized carbons (Fsp3) is 0.417. The number of carbonyl (C=O) groups is 2. The molecule has 0 aliphatic heterocycles. The van der Waals surface area contributed by atoms with Crippen LogP contribution >= 0.6 is 0 Å². The van der Waals surface area contributed by atoms with Crippen molar-refractivity contribution in [1.29, 1.82) is 0 Å². The molecule has 0 heterocycles. The van der Waals surface area contributed by atoms with Gasteiger partial charge in [-0.25, -0.2) is 9.59 Å². The fourth-order valence-electron chi connectivity index (χ4n) is 2.81. The first kappa shape index (κ1) is 27.1. The van der Waals surface area contributed by atoms with Crippen LogP contribution in [0.15, 0.2) is 54.6 Å². The van der Waals surface area contributed by atoms with Gasteiger partial charge in [0.15, 0.2) is 0 Å². The number of nitrogens with one attached hydrogen (secondary N) is 1. The van der Waals surface area contributed by atoms with Crippen LogP contribution in [0.3, 0.4) is 0 Å². The molecule has 2 aromatic carbocycles. The number of hydrogen-bond donors (Lipinski definition) is 4. The van der Waals surface area contributed by atoms with Crippen molar-refractivity contribution in [3.63, 3.8) is 0 Å². The smallest absolute Gasteiger partial charge is 0.414 e. The number of aliphatic hydroxyl groups is 1. The zero-order chi connectivity index (χ0) is 24.1. The van der Waals surface area contributed by atoms with Crippen molar-refractivity contribution in [2.24, 2.45) is 0 Å². The van der Waals surface area contributed by atoms with Crippen LogP contribution in [-0.2, 0) is 15.0 Å². The maximum absolute atomic E-state index is 10.0. The molecule has 0 aliphatic rings. The third-order valence-corrected chi connectivity index (χ3v) is 4.81. The second-order valence-electron chi connectivity index (χ2n) is 8.10. The lowest BCUT2D eigenvalue weighted by molar-refractivity contribution is -0.159. The van der Waals surface area contributed by atoms with Gasteiger partial charge in [0, 0.05) is 25.0 Å². The number of aliphatic carboxylic acids is 2. The molecule has 2 aromatic rings. The molecule has 176 valence electrons. The fourth-order valence-corrected chi connectivity index (χ4v) is 2.81. The number of likely N-dealkylation sites (N-methyl/N-ethyl adjacent to an activating group) is 1. The van der Waals surface area contributed by atoms with Crippen molar-refractivity contribution in [2.45, 2.75) is 25.4 Å². The molecule has 0 aliphatic carbocycles. The molecule has 0 saturated heterocycles. The Hall–Kier alpha value is -2.94. The van der Waals surface area contributed by atoms with E-state index >= 15 is 0 Å². The molecule has 1 unspecified atom stereocenters. The lowest BCUT2D eigenvalue weighted by atomic mass is 9.78. The van der Waals surface area contributed by atoms with E-state index in [9.17, 15) is 5.11 Å². The van der Waals surface area contributed by atoms with Gasteiger partial charge >= 0.3 is 11.9 Å². The first-order valence-corrected chi connectivity index (χ1v) is 10.3. The zero-order valence-electron chi connectivity index (χ0n) is 19.1. The van der Waals surface area contributed by atoms with E-state index in [4.69, 9.17) is 24.5 Å². The zero-order valence-corrected chi connectivity index (χ0v) is 19.1. The second-order valence-corrected chi connectivity index (χ2v) is 8.10. The Labute approximate surface area is 189 Å². The van der Waals surface area contributed by atoms with Crippen LogP contribution in [0.1, 0.15) is 25.0 Å². The van der Waals surface area contributed by atoms with Gasteiger partial charge in [-0.05, 0) is 37.4 Å². The number of carboxylic acid groups (broad SMARTS) is 2. The lowest BCUT2D eigenvalue weighted by Crippen LogP contribution is -2.35. The molecule has 8 nitrogen and oxygen atoms in total. The summed E-state index contributed by atoms with van der Waals surface area (Å²) in [5, 5.41) is 28.0. The Balaban J connectivity index is 0.000000751. The number of carboxylic acids is 2. The van der Waals surface area contributed by atoms with Gasteiger partial charge in [-0.2, -0.15) is 0 Å². The lowest BCUT2D eigenvalue weighted by Gasteiger charge is -2.26. The molecular weight excluding hydrogens is 412 g/mol.